The second-order valence-electron chi connectivity index (χ2n) is 7.39. The van der Waals surface area contributed by atoms with Crippen LogP contribution in [0.4, 0.5) is 5.69 Å². The molecule has 148 valence electrons. The van der Waals surface area contributed by atoms with E-state index in [0.29, 0.717) is 17.9 Å². The van der Waals surface area contributed by atoms with Crippen LogP contribution >= 0.6 is 0 Å². The van der Waals surface area contributed by atoms with Crippen molar-refractivity contribution in [1.29, 1.82) is 0 Å². The second kappa shape index (κ2) is 10.0. The van der Waals surface area contributed by atoms with Gasteiger partial charge in [-0.25, -0.2) is 0 Å². The summed E-state index contributed by atoms with van der Waals surface area (Å²) in [5.41, 5.74) is 0.206. The lowest BCUT2D eigenvalue weighted by atomic mass is 9.86. The molecule has 0 aromatic heterocycles. The number of benzene rings is 1. The smallest absolute Gasteiger partial charge is 0.308 e. The zero-order valence-corrected chi connectivity index (χ0v) is 16.0. The van der Waals surface area contributed by atoms with E-state index >= 15 is 0 Å². The summed E-state index contributed by atoms with van der Waals surface area (Å²) in [5, 5.41) is 14.2. The maximum Gasteiger partial charge on any atom is 0.308 e. The highest BCUT2D eigenvalue weighted by molar-refractivity contribution is 5.78. The van der Waals surface area contributed by atoms with Crippen LogP contribution in [0.25, 0.3) is 0 Å². The van der Waals surface area contributed by atoms with Gasteiger partial charge in [0.2, 0.25) is 5.91 Å². The fourth-order valence-electron chi connectivity index (χ4n) is 3.57. The fraction of sp³-hybridized carbons (Fsp3) is 0.600. The van der Waals surface area contributed by atoms with Crippen LogP contribution in [0, 0.1) is 16.0 Å². The lowest BCUT2D eigenvalue weighted by Gasteiger charge is -2.23. The van der Waals surface area contributed by atoms with Crippen molar-refractivity contribution in [3.05, 3.63) is 39.9 Å². The topological polar surface area (TPSA) is 98.5 Å². The third-order valence-corrected chi connectivity index (χ3v) is 4.78. The van der Waals surface area contributed by atoms with Crippen molar-refractivity contribution >= 4 is 17.6 Å². The number of carbonyl (C=O) groups excluding carboxylic acids is 2. The van der Waals surface area contributed by atoms with Gasteiger partial charge in [-0.2, -0.15) is 0 Å². The summed E-state index contributed by atoms with van der Waals surface area (Å²) < 4.78 is 5.17. The Kier molecular flexibility index (Phi) is 7.76. The zero-order valence-electron chi connectivity index (χ0n) is 16.0. The number of rotatable bonds is 8. The Morgan fingerprint density at radius 2 is 1.89 bits per heavy atom. The van der Waals surface area contributed by atoms with Crippen LogP contribution in [-0.2, 0) is 14.3 Å². The molecule has 0 radical (unpaired) electrons. The van der Waals surface area contributed by atoms with E-state index < -0.39 is 16.9 Å². The van der Waals surface area contributed by atoms with Crippen LogP contribution in [0.3, 0.4) is 0 Å². The summed E-state index contributed by atoms with van der Waals surface area (Å²) in [4.78, 5) is 35.6. The Balaban J connectivity index is 2.15. The number of carbonyl (C=O) groups is 2. The van der Waals surface area contributed by atoms with Crippen molar-refractivity contribution in [3.63, 3.8) is 0 Å². The summed E-state index contributed by atoms with van der Waals surface area (Å²) in [7, 11) is 0. The Hall–Kier alpha value is -2.44. The molecule has 0 spiro atoms. The number of nitro benzene ring substituents is 1. The number of para-hydroxylation sites is 1. The molecule has 1 atom stereocenters. The minimum absolute atomic E-state index is 0.113. The standard InChI is InChI=1S/C20H28N2O5/c1-14(2)27-20(24)13-17(16-10-6-7-11-18(16)22(25)26)21-19(23)12-15-8-4-3-5-9-15/h6-7,10-11,14-15,17H,3-5,8-9,12-13H2,1-2H3,(H,21,23). The molecule has 1 aromatic carbocycles. The maximum absolute atomic E-state index is 12.5. The molecule has 7 nitrogen and oxygen atoms in total. The number of amides is 1. The highest BCUT2D eigenvalue weighted by Gasteiger charge is 2.27. The van der Waals surface area contributed by atoms with Gasteiger partial charge in [-0.15, -0.1) is 0 Å². The second-order valence-corrected chi connectivity index (χ2v) is 7.39. The molecule has 2 rings (SSSR count). The first-order valence-corrected chi connectivity index (χ1v) is 9.59. The number of esters is 1. The SMILES string of the molecule is CC(C)OC(=O)CC(NC(=O)CC1CCCCC1)c1ccccc1[N+](=O)[O-]. The van der Waals surface area contributed by atoms with Crippen molar-refractivity contribution < 1.29 is 19.2 Å². The quantitative estimate of drug-likeness (QED) is 0.419. The normalized spacial score (nSPS) is 16.0. The summed E-state index contributed by atoms with van der Waals surface area (Å²) in [6, 6.07) is 5.40. The Morgan fingerprint density at radius 3 is 2.52 bits per heavy atom. The van der Waals surface area contributed by atoms with Crippen LogP contribution < -0.4 is 5.32 Å². The van der Waals surface area contributed by atoms with E-state index in [0.717, 1.165) is 25.7 Å². The molecule has 1 aliphatic rings. The highest BCUT2D eigenvalue weighted by Crippen LogP contribution is 2.29. The van der Waals surface area contributed by atoms with Gasteiger partial charge in [0.1, 0.15) is 0 Å². The van der Waals surface area contributed by atoms with Crippen LogP contribution in [0.2, 0.25) is 0 Å². The molecule has 1 unspecified atom stereocenters. The van der Waals surface area contributed by atoms with Crippen molar-refractivity contribution in [1.82, 2.24) is 5.32 Å². The average molecular weight is 376 g/mol. The molecule has 1 fully saturated rings. The van der Waals surface area contributed by atoms with Crippen LogP contribution in [0.1, 0.15) is 70.4 Å². The summed E-state index contributed by atoms with van der Waals surface area (Å²) in [6.45, 7) is 3.47. The third-order valence-electron chi connectivity index (χ3n) is 4.78. The molecular weight excluding hydrogens is 348 g/mol. The highest BCUT2D eigenvalue weighted by atomic mass is 16.6. The van der Waals surface area contributed by atoms with Crippen LogP contribution in [-0.4, -0.2) is 22.9 Å². The summed E-state index contributed by atoms with van der Waals surface area (Å²) in [6.07, 6.45) is 5.48. The first-order chi connectivity index (χ1) is 12.9. The van der Waals surface area contributed by atoms with Crippen LogP contribution in [0.5, 0.6) is 0 Å². The average Bonchev–Trinajstić information content (AvgIpc) is 2.61. The number of nitrogens with one attached hydrogen (secondary N) is 1. The Morgan fingerprint density at radius 1 is 1.22 bits per heavy atom. The molecule has 0 aliphatic heterocycles. The lowest BCUT2D eigenvalue weighted by molar-refractivity contribution is -0.385. The van der Waals surface area contributed by atoms with Crippen molar-refractivity contribution in [2.24, 2.45) is 5.92 Å². The summed E-state index contributed by atoms with van der Waals surface area (Å²) >= 11 is 0. The number of nitrogens with zero attached hydrogens (tertiary/aromatic N) is 1. The molecular formula is C20H28N2O5. The van der Waals surface area contributed by atoms with Gasteiger partial charge in [-0.05, 0) is 32.6 Å². The molecule has 1 saturated carbocycles. The third kappa shape index (κ3) is 6.66. The predicted octanol–water partition coefficient (Wildman–Crippen LogP) is 4.06. The molecule has 1 aromatic rings. The van der Waals surface area contributed by atoms with E-state index in [1.807, 2.05) is 0 Å². The molecule has 1 N–H and O–H groups in total. The first kappa shape index (κ1) is 20.9. The van der Waals surface area contributed by atoms with Gasteiger partial charge in [0, 0.05) is 12.5 Å². The lowest BCUT2D eigenvalue weighted by Crippen LogP contribution is -2.33. The van der Waals surface area contributed by atoms with Gasteiger partial charge in [0.25, 0.3) is 5.69 Å². The molecule has 0 heterocycles. The molecule has 1 amide bonds. The van der Waals surface area contributed by atoms with E-state index in [2.05, 4.69) is 5.32 Å². The number of hydrogen-bond acceptors (Lipinski definition) is 5. The molecule has 27 heavy (non-hydrogen) atoms. The maximum atomic E-state index is 12.5. The van der Waals surface area contributed by atoms with E-state index in [-0.39, 0.29) is 24.1 Å². The molecule has 0 saturated heterocycles. The number of ether oxygens (including phenoxy) is 1. The van der Waals surface area contributed by atoms with Crippen molar-refractivity contribution in [2.45, 2.75) is 70.9 Å². The minimum Gasteiger partial charge on any atom is -0.463 e. The van der Waals surface area contributed by atoms with E-state index in [9.17, 15) is 19.7 Å². The largest absolute Gasteiger partial charge is 0.463 e. The molecule has 7 heteroatoms. The van der Waals surface area contributed by atoms with Gasteiger partial charge >= 0.3 is 5.97 Å². The van der Waals surface area contributed by atoms with Crippen molar-refractivity contribution in [3.8, 4) is 0 Å². The van der Waals surface area contributed by atoms with Gasteiger partial charge < -0.3 is 10.1 Å². The number of hydrogen-bond donors (Lipinski definition) is 1. The summed E-state index contributed by atoms with van der Waals surface area (Å²) in [5.74, 6) is -0.332. The predicted molar refractivity (Wildman–Crippen MR) is 101 cm³/mol. The molecule has 0 bridgehead atoms. The van der Waals surface area contributed by atoms with Gasteiger partial charge in [-0.3, -0.25) is 19.7 Å². The first-order valence-electron chi connectivity index (χ1n) is 9.59. The van der Waals surface area contributed by atoms with E-state index in [1.54, 1.807) is 32.0 Å². The number of nitro groups is 1. The van der Waals surface area contributed by atoms with E-state index in [4.69, 9.17) is 4.74 Å². The minimum atomic E-state index is -0.783. The molecule has 1 aliphatic carbocycles. The van der Waals surface area contributed by atoms with Crippen molar-refractivity contribution in [2.75, 3.05) is 0 Å². The van der Waals surface area contributed by atoms with Gasteiger partial charge in [-0.1, -0.05) is 37.5 Å². The van der Waals surface area contributed by atoms with Crippen LogP contribution in [0.15, 0.2) is 24.3 Å². The fourth-order valence-corrected chi connectivity index (χ4v) is 3.57. The van der Waals surface area contributed by atoms with E-state index in [1.165, 1.54) is 12.5 Å². The Labute approximate surface area is 159 Å². The van der Waals surface area contributed by atoms with Gasteiger partial charge in [0.05, 0.1) is 29.1 Å². The zero-order chi connectivity index (χ0) is 19.8. The monoisotopic (exact) mass is 376 g/mol. The van der Waals surface area contributed by atoms with Gasteiger partial charge in [0.15, 0.2) is 0 Å². The Bertz CT molecular complexity index is 668.